The molecule has 2 aromatic heterocycles. The number of rotatable bonds is 5. The Balaban J connectivity index is 2.39. The molecule has 0 bridgehead atoms. The lowest BCUT2D eigenvalue weighted by Gasteiger charge is -2.17. The van der Waals surface area contributed by atoms with Gasteiger partial charge in [0.25, 0.3) is 0 Å². The molecule has 0 spiro atoms. The molecule has 0 aliphatic rings. The van der Waals surface area contributed by atoms with E-state index in [0.29, 0.717) is 0 Å². The Hall–Kier alpha value is -1.46. The monoisotopic (exact) mass is 249 g/mol. The summed E-state index contributed by atoms with van der Waals surface area (Å²) in [7, 11) is 1.66. The van der Waals surface area contributed by atoms with Crippen LogP contribution in [0.25, 0.3) is 0 Å². The maximum absolute atomic E-state index is 5.35. The second-order valence-corrected chi connectivity index (χ2v) is 4.40. The highest BCUT2D eigenvalue weighted by molar-refractivity contribution is 7.09. The van der Waals surface area contributed by atoms with Crippen LogP contribution in [-0.2, 0) is 0 Å². The van der Waals surface area contributed by atoms with Crippen molar-refractivity contribution in [2.24, 2.45) is 0 Å². The molecule has 0 fully saturated rings. The number of nitrogens with one attached hydrogen (secondary N) is 1. The first kappa shape index (κ1) is 12.0. The average molecular weight is 249 g/mol. The van der Waals surface area contributed by atoms with E-state index in [1.807, 2.05) is 23.8 Å². The van der Waals surface area contributed by atoms with Gasteiger partial charge in [0.05, 0.1) is 18.7 Å². The SMILES string of the molecule is CCNC(c1cncs1)c1ncccc1OC. The summed E-state index contributed by atoms with van der Waals surface area (Å²) in [4.78, 5) is 9.67. The van der Waals surface area contributed by atoms with Crippen LogP contribution < -0.4 is 10.1 Å². The summed E-state index contributed by atoms with van der Waals surface area (Å²) in [6.07, 6.45) is 3.65. The van der Waals surface area contributed by atoms with E-state index >= 15 is 0 Å². The van der Waals surface area contributed by atoms with Crippen LogP contribution in [0.2, 0.25) is 0 Å². The van der Waals surface area contributed by atoms with E-state index in [9.17, 15) is 0 Å². The van der Waals surface area contributed by atoms with Crippen LogP contribution in [0.3, 0.4) is 0 Å². The molecule has 1 unspecified atom stereocenters. The maximum Gasteiger partial charge on any atom is 0.142 e. The lowest BCUT2D eigenvalue weighted by atomic mass is 10.1. The molecule has 0 radical (unpaired) electrons. The Morgan fingerprint density at radius 1 is 1.53 bits per heavy atom. The molecule has 2 aromatic rings. The van der Waals surface area contributed by atoms with Crippen molar-refractivity contribution in [3.05, 3.63) is 40.6 Å². The van der Waals surface area contributed by atoms with E-state index in [-0.39, 0.29) is 6.04 Å². The minimum atomic E-state index is 0.0450. The standard InChI is InChI=1S/C12H15N3OS/c1-3-14-12(10-7-13-8-17-10)11-9(16-2)5-4-6-15-11/h4-8,12,14H,3H2,1-2H3. The predicted octanol–water partition coefficient (Wildman–Crippen LogP) is 2.25. The van der Waals surface area contributed by atoms with E-state index in [4.69, 9.17) is 4.74 Å². The van der Waals surface area contributed by atoms with Crippen molar-refractivity contribution in [2.45, 2.75) is 13.0 Å². The minimum absolute atomic E-state index is 0.0450. The summed E-state index contributed by atoms with van der Waals surface area (Å²) in [5, 5.41) is 3.40. The first-order valence-corrected chi connectivity index (χ1v) is 6.35. The number of ether oxygens (including phenoxy) is 1. The summed E-state index contributed by atoms with van der Waals surface area (Å²) in [6, 6.07) is 3.84. The first-order valence-electron chi connectivity index (χ1n) is 5.47. The molecular formula is C12H15N3OS. The molecular weight excluding hydrogens is 234 g/mol. The van der Waals surface area contributed by atoms with Gasteiger partial charge in [0.2, 0.25) is 0 Å². The lowest BCUT2D eigenvalue weighted by molar-refractivity contribution is 0.401. The van der Waals surface area contributed by atoms with Gasteiger partial charge in [0, 0.05) is 17.3 Å². The average Bonchev–Trinajstić information content (AvgIpc) is 2.89. The second-order valence-electron chi connectivity index (χ2n) is 3.49. The number of hydrogen-bond acceptors (Lipinski definition) is 5. The van der Waals surface area contributed by atoms with Crippen LogP contribution in [-0.4, -0.2) is 23.6 Å². The summed E-state index contributed by atoms with van der Waals surface area (Å²) in [6.45, 7) is 2.94. The van der Waals surface area contributed by atoms with E-state index in [0.717, 1.165) is 22.9 Å². The van der Waals surface area contributed by atoms with Crippen molar-refractivity contribution in [2.75, 3.05) is 13.7 Å². The zero-order chi connectivity index (χ0) is 12.1. The molecule has 0 aliphatic heterocycles. The molecule has 4 nitrogen and oxygen atoms in total. The number of nitrogens with zero attached hydrogens (tertiary/aromatic N) is 2. The molecule has 1 N–H and O–H groups in total. The highest BCUT2D eigenvalue weighted by Crippen LogP contribution is 2.29. The van der Waals surface area contributed by atoms with E-state index < -0.39 is 0 Å². The van der Waals surface area contributed by atoms with Gasteiger partial charge in [-0.05, 0) is 18.7 Å². The molecule has 90 valence electrons. The molecule has 1 atom stereocenters. The Bertz CT molecular complexity index is 459. The molecule has 0 saturated carbocycles. The van der Waals surface area contributed by atoms with Crippen LogP contribution in [0.15, 0.2) is 30.0 Å². The van der Waals surface area contributed by atoms with Crippen molar-refractivity contribution in [3.63, 3.8) is 0 Å². The zero-order valence-corrected chi connectivity index (χ0v) is 10.7. The molecule has 0 aliphatic carbocycles. The molecule has 0 amide bonds. The van der Waals surface area contributed by atoms with Gasteiger partial charge < -0.3 is 10.1 Å². The summed E-state index contributed by atoms with van der Waals surface area (Å²) in [5.74, 6) is 0.798. The summed E-state index contributed by atoms with van der Waals surface area (Å²) >= 11 is 1.62. The Morgan fingerprint density at radius 2 is 2.41 bits per heavy atom. The van der Waals surface area contributed by atoms with E-state index in [1.54, 1.807) is 24.6 Å². The van der Waals surface area contributed by atoms with Gasteiger partial charge in [0.15, 0.2) is 0 Å². The van der Waals surface area contributed by atoms with Gasteiger partial charge in [-0.15, -0.1) is 11.3 Å². The Kier molecular flexibility index (Phi) is 4.06. The third-order valence-electron chi connectivity index (χ3n) is 2.44. The van der Waals surface area contributed by atoms with Crippen molar-refractivity contribution in [1.29, 1.82) is 0 Å². The normalized spacial score (nSPS) is 12.4. The highest BCUT2D eigenvalue weighted by atomic mass is 32.1. The predicted molar refractivity (Wildman–Crippen MR) is 68.4 cm³/mol. The fourth-order valence-electron chi connectivity index (χ4n) is 1.70. The summed E-state index contributed by atoms with van der Waals surface area (Å²) < 4.78 is 5.35. The lowest BCUT2D eigenvalue weighted by Crippen LogP contribution is -2.22. The van der Waals surface area contributed by atoms with Crippen LogP contribution in [0.4, 0.5) is 0 Å². The van der Waals surface area contributed by atoms with Crippen molar-refractivity contribution >= 4 is 11.3 Å². The van der Waals surface area contributed by atoms with Crippen LogP contribution >= 0.6 is 11.3 Å². The fourth-order valence-corrected chi connectivity index (χ4v) is 2.39. The van der Waals surface area contributed by atoms with Gasteiger partial charge >= 0.3 is 0 Å². The van der Waals surface area contributed by atoms with Crippen molar-refractivity contribution in [3.8, 4) is 5.75 Å². The largest absolute Gasteiger partial charge is 0.495 e. The number of thiazole rings is 1. The number of methoxy groups -OCH3 is 1. The number of aromatic nitrogens is 2. The van der Waals surface area contributed by atoms with Crippen LogP contribution in [0.1, 0.15) is 23.5 Å². The molecule has 5 heteroatoms. The van der Waals surface area contributed by atoms with Crippen LogP contribution in [0.5, 0.6) is 5.75 Å². The van der Waals surface area contributed by atoms with Gasteiger partial charge in [0.1, 0.15) is 11.4 Å². The molecule has 17 heavy (non-hydrogen) atoms. The van der Waals surface area contributed by atoms with Crippen molar-refractivity contribution < 1.29 is 4.74 Å². The smallest absolute Gasteiger partial charge is 0.142 e. The topological polar surface area (TPSA) is 47.0 Å². The fraction of sp³-hybridized carbons (Fsp3) is 0.333. The maximum atomic E-state index is 5.35. The van der Waals surface area contributed by atoms with Gasteiger partial charge in [-0.1, -0.05) is 6.92 Å². The highest BCUT2D eigenvalue weighted by Gasteiger charge is 2.19. The molecule has 2 rings (SSSR count). The minimum Gasteiger partial charge on any atom is -0.495 e. The molecule has 2 heterocycles. The third-order valence-corrected chi connectivity index (χ3v) is 3.28. The van der Waals surface area contributed by atoms with E-state index in [1.165, 1.54) is 0 Å². The summed E-state index contributed by atoms with van der Waals surface area (Å²) in [5.41, 5.74) is 2.73. The number of hydrogen-bond donors (Lipinski definition) is 1. The zero-order valence-electron chi connectivity index (χ0n) is 9.88. The number of pyridine rings is 1. The Labute approximate surface area is 105 Å². The molecule has 0 aromatic carbocycles. The van der Waals surface area contributed by atoms with Gasteiger partial charge in [-0.2, -0.15) is 0 Å². The van der Waals surface area contributed by atoms with Crippen LogP contribution in [0, 0.1) is 0 Å². The second kappa shape index (κ2) is 5.75. The van der Waals surface area contributed by atoms with Gasteiger partial charge in [-0.25, -0.2) is 0 Å². The first-order chi connectivity index (χ1) is 8.36. The third kappa shape index (κ3) is 2.62. The van der Waals surface area contributed by atoms with E-state index in [2.05, 4.69) is 22.2 Å². The quantitative estimate of drug-likeness (QED) is 0.883. The van der Waals surface area contributed by atoms with Crippen molar-refractivity contribution in [1.82, 2.24) is 15.3 Å². The van der Waals surface area contributed by atoms with Gasteiger partial charge in [-0.3, -0.25) is 9.97 Å². The molecule has 0 saturated heterocycles. The Morgan fingerprint density at radius 3 is 3.06 bits per heavy atom.